The Hall–Kier alpha value is -0.760. The Labute approximate surface area is 147 Å². The Morgan fingerprint density at radius 1 is 1.29 bits per heavy atom. The van der Waals surface area contributed by atoms with Crippen LogP contribution in [0.1, 0.15) is 59.3 Å². The second-order valence-corrected chi connectivity index (χ2v) is 9.40. The molecule has 4 aliphatic rings. The first-order valence-electron chi connectivity index (χ1n) is 10.0. The molecule has 0 aliphatic heterocycles. The van der Waals surface area contributed by atoms with E-state index in [1.165, 1.54) is 31.4 Å². The van der Waals surface area contributed by atoms with Crippen molar-refractivity contribution in [1.82, 2.24) is 0 Å². The van der Waals surface area contributed by atoms with Crippen LogP contribution in [0.15, 0.2) is 23.0 Å². The first kappa shape index (κ1) is 16.7. The summed E-state index contributed by atoms with van der Waals surface area (Å²) in [5.74, 6) is 5.57. The lowest BCUT2D eigenvalue weighted by Gasteiger charge is -2.54. The molecule has 4 aliphatic carbocycles. The molecule has 0 aromatic carbocycles. The lowest BCUT2D eigenvalue weighted by Crippen LogP contribution is -2.47. The molecule has 1 N–H and O–H groups in total. The van der Waals surface area contributed by atoms with E-state index in [2.05, 4.69) is 26.8 Å². The Bertz CT molecular complexity index is 575. The lowest BCUT2D eigenvalue weighted by atomic mass is 9.51. The van der Waals surface area contributed by atoms with E-state index < -0.39 is 0 Å². The summed E-state index contributed by atoms with van der Waals surface area (Å²) < 4.78 is 5.54. The van der Waals surface area contributed by atoms with E-state index in [1.54, 1.807) is 11.1 Å². The molecule has 134 valence electrons. The van der Waals surface area contributed by atoms with Crippen molar-refractivity contribution in [3.8, 4) is 0 Å². The minimum absolute atomic E-state index is 0.365. The molecule has 24 heavy (non-hydrogen) atoms. The van der Waals surface area contributed by atoms with Crippen LogP contribution in [0.5, 0.6) is 0 Å². The third kappa shape index (κ3) is 2.25. The van der Waals surface area contributed by atoms with Crippen molar-refractivity contribution >= 4 is 0 Å². The predicted octanol–water partition coefficient (Wildman–Crippen LogP) is 4.94. The molecule has 0 saturated heterocycles. The van der Waals surface area contributed by atoms with Crippen molar-refractivity contribution in [2.45, 2.75) is 59.3 Å². The van der Waals surface area contributed by atoms with Gasteiger partial charge in [-0.15, -0.1) is 0 Å². The molecule has 0 aromatic heterocycles. The third-order valence-electron chi connectivity index (χ3n) is 8.45. The van der Waals surface area contributed by atoms with Gasteiger partial charge in [0.25, 0.3) is 0 Å². The monoisotopic (exact) mass is 330 g/mol. The summed E-state index contributed by atoms with van der Waals surface area (Å²) >= 11 is 0. The molecule has 0 heterocycles. The standard InChI is InChI=1S/C22H34O2/c1-13-10-19-21-14(2)9-15-11-16(24-4)5-6-17(15)18(21)7-8-22(19,3)20(13)12-23/h5,13-14,18-21,23H,6-12H2,1-4H3/t13-,14+,18+,19+,20+,21+,22-/m0/s1. The highest BCUT2D eigenvalue weighted by Gasteiger charge is 2.58. The fraction of sp³-hybridized carbons (Fsp3) is 0.818. The maximum absolute atomic E-state index is 10.0. The second-order valence-electron chi connectivity index (χ2n) is 9.40. The van der Waals surface area contributed by atoms with E-state index in [0.717, 1.165) is 36.5 Å². The van der Waals surface area contributed by atoms with E-state index in [9.17, 15) is 5.11 Å². The number of hydrogen-bond acceptors (Lipinski definition) is 2. The molecule has 4 rings (SSSR count). The second kappa shape index (κ2) is 5.90. The van der Waals surface area contributed by atoms with Gasteiger partial charge in [0.15, 0.2) is 0 Å². The quantitative estimate of drug-likeness (QED) is 0.726. The van der Waals surface area contributed by atoms with E-state index in [0.29, 0.717) is 23.9 Å². The fourth-order valence-corrected chi connectivity index (χ4v) is 7.32. The average Bonchev–Trinajstić information content (AvgIpc) is 2.83. The van der Waals surface area contributed by atoms with Crippen LogP contribution in [0.2, 0.25) is 0 Å². The maximum atomic E-state index is 10.0. The van der Waals surface area contributed by atoms with Crippen LogP contribution in [0, 0.1) is 40.9 Å². The predicted molar refractivity (Wildman–Crippen MR) is 97.3 cm³/mol. The molecule has 7 atom stereocenters. The molecule has 2 nitrogen and oxygen atoms in total. The summed E-state index contributed by atoms with van der Waals surface area (Å²) in [5, 5.41) is 10.0. The highest BCUT2D eigenvalue weighted by atomic mass is 16.5. The van der Waals surface area contributed by atoms with Gasteiger partial charge >= 0.3 is 0 Å². The van der Waals surface area contributed by atoms with Crippen molar-refractivity contribution < 1.29 is 9.84 Å². The molecule has 0 unspecified atom stereocenters. The summed E-state index contributed by atoms with van der Waals surface area (Å²) in [6.45, 7) is 7.76. The van der Waals surface area contributed by atoms with Crippen molar-refractivity contribution in [3.63, 3.8) is 0 Å². The molecular weight excluding hydrogens is 296 g/mol. The summed E-state index contributed by atoms with van der Waals surface area (Å²) in [6, 6.07) is 0. The maximum Gasteiger partial charge on any atom is 0.0959 e. The fourth-order valence-electron chi connectivity index (χ4n) is 7.32. The molecule has 0 bridgehead atoms. The van der Waals surface area contributed by atoms with Gasteiger partial charge in [0.05, 0.1) is 12.9 Å². The van der Waals surface area contributed by atoms with Crippen molar-refractivity contribution in [1.29, 1.82) is 0 Å². The van der Waals surface area contributed by atoms with Gasteiger partial charge in [0.2, 0.25) is 0 Å². The first-order chi connectivity index (χ1) is 11.5. The minimum Gasteiger partial charge on any atom is -0.501 e. The number of allylic oxidation sites excluding steroid dienone is 3. The van der Waals surface area contributed by atoms with Gasteiger partial charge in [-0.1, -0.05) is 31.9 Å². The van der Waals surface area contributed by atoms with Gasteiger partial charge in [0, 0.05) is 13.0 Å². The van der Waals surface area contributed by atoms with Crippen LogP contribution in [-0.4, -0.2) is 18.8 Å². The highest BCUT2D eigenvalue weighted by Crippen LogP contribution is 2.65. The molecule has 2 saturated carbocycles. The highest BCUT2D eigenvalue weighted by molar-refractivity contribution is 5.33. The van der Waals surface area contributed by atoms with Crippen molar-refractivity contribution in [2.24, 2.45) is 40.9 Å². The van der Waals surface area contributed by atoms with Gasteiger partial charge in [-0.3, -0.25) is 0 Å². The molecule has 2 heteroatoms. The number of aliphatic hydroxyl groups excluding tert-OH is 1. The lowest BCUT2D eigenvalue weighted by molar-refractivity contribution is -0.0239. The smallest absolute Gasteiger partial charge is 0.0959 e. The number of fused-ring (bicyclic) bond motifs is 4. The Morgan fingerprint density at radius 3 is 2.79 bits per heavy atom. The zero-order valence-electron chi connectivity index (χ0n) is 15.8. The zero-order valence-corrected chi connectivity index (χ0v) is 15.8. The van der Waals surface area contributed by atoms with E-state index in [1.807, 2.05) is 7.11 Å². The van der Waals surface area contributed by atoms with Gasteiger partial charge < -0.3 is 9.84 Å². The molecule has 0 amide bonds. The van der Waals surface area contributed by atoms with Gasteiger partial charge in [-0.2, -0.15) is 0 Å². The van der Waals surface area contributed by atoms with E-state index >= 15 is 0 Å². The van der Waals surface area contributed by atoms with Crippen LogP contribution in [0.25, 0.3) is 0 Å². The Kier molecular flexibility index (Phi) is 4.10. The third-order valence-corrected chi connectivity index (χ3v) is 8.45. The molecular formula is C22H34O2. The number of aliphatic hydroxyl groups is 1. The normalized spacial score (nSPS) is 47.6. The zero-order chi connectivity index (χ0) is 17.1. The minimum atomic E-state index is 0.365. The van der Waals surface area contributed by atoms with Crippen LogP contribution < -0.4 is 0 Å². The van der Waals surface area contributed by atoms with Crippen LogP contribution in [0.4, 0.5) is 0 Å². The van der Waals surface area contributed by atoms with Gasteiger partial charge in [-0.25, -0.2) is 0 Å². The summed E-state index contributed by atoms with van der Waals surface area (Å²) in [4.78, 5) is 0. The Morgan fingerprint density at radius 2 is 2.08 bits per heavy atom. The average molecular weight is 331 g/mol. The molecule has 0 radical (unpaired) electrons. The summed E-state index contributed by atoms with van der Waals surface area (Å²) in [6.07, 6.45) is 9.73. The largest absolute Gasteiger partial charge is 0.501 e. The molecule has 0 spiro atoms. The first-order valence-corrected chi connectivity index (χ1v) is 10.0. The summed E-state index contributed by atoms with van der Waals surface area (Å²) in [7, 11) is 1.81. The van der Waals surface area contributed by atoms with Gasteiger partial charge in [-0.05, 0) is 79.1 Å². The van der Waals surface area contributed by atoms with Crippen LogP contribution in [-0.2, 0) is 4.74 Å². The topological polar surface area (TPSA) is 29.5 Å². The molecule has 2 fully saturated rings. The Balaban J connectivity index is 1.66. The number of methoxy groups -OCH3 is 1. The van der Waals surface area contributed by atoms with Gasteiger partial charge in [0.1, 0.15) is 0 Å². The van der Waals surface area contributed by atoms with E-state index in [-0.39, 0.29) is 0 Å². The number of hydrogen-bond donors (Lipinski definition) is 1. The van der Waals surface area contributed by atoms with Crippen molar-refractivity contribution in [3.05, 3.63) is 23.0 Å². The number of ether oxygens (including phenoxy) is 1. The SMILES string of the molecule is COC1=CCC2=C(C1)C[C@@H](C)[C@@H]1[C@@H]2CC[C@@]2(C)[C@@H]1C[C@H](C)[C@H]2CO. The van der Waals surface area contributed by atoms with Crippen LogP contribution >= 0.6 is 0 Å². The van der Waals surface area contributed by atoms with E-state index in [4.69, 9.17) is 4.74 Å². The molecule has 0 aromatic rings. The van der Waals surface area contributed by atoms with Crippen molar-refractivity contribution in [2.75, 3.05) is 13.7 Å². The number of rotatable bonds is 2. The summed E-state index contributed by atoms with van der Waals surface area (Å²) in [5.41, 5.74) is 3.82. The van der Waals surface area contributed by atoms with Crippen LogP contribution in [0.3, 0.4) is 0 Å².